The molecule has 2 aromatic carbocycles. The molecule has 1 aliphatic carbocycles. The van der Waals surface area contributed by atoms with Gasteiger partial charge in [-0.1, -0.05) is 61.7 Å². The molecule has 1 aromatic heterocycles. The Morgan fingerprint density at radius 1 is 0.875 bits per heavy atom. The highest BCUT2D eigenvalue weighted by molar-refractivity contribution is 5.99. The van der Waals surface area contributed by atoms with Crippen LogP contribution in [0.15, 0.2) is 59.0 Å². The third kappa shape index (κ3) is 6.97. The first-order valence-corrected chi connectivity index (χ1v) is 14.7. The molecule has 8 nitrogen and oxygen atoms in total. The van der Waals surface area contributed by atoms with E-state index in [1.165, 1.54) is 6.42 Å². The van der Waals surface area contributed by atoms with E-state index in [0.29, 0.717) is 43.8 Å². The largest absolute Gasteiger partial charge is 0.434 e. The first-order valence-electron chi connectivity index (χ1n) is 14.7. The number of para-hydroxylation sites is 2. The van der Waals surface area contributed by atoms with Crippen molar-refractivity contribution in [2.45, 2.75) is 57.3 Å². The van der Waals surface area contributed by atoms with Gasteiger partial charge in [0, 0.05) is 32.2 Å². The number of aromatic nitrogens is 1. The van der Waals surface area contributed by atoms with Gasteiger partial charge in [0.05, 0.1) is 11.8 Å². The van der Waals surface area contributed by atoms with E-state index in [1.807, 2.05) is 48.5 Å². The van der Waals surface area contributed by atoms with E-state index in [0.717, 1.165) is 44.1 Å². The van der Waals surface area contributed by atoms with Crippen molar-refractivity contribution in [2.75, 3.05) is 26.3 Å². The number of carbonyl (C=O) groups excluding carboxylic acids is 3. The maximum absolute atomic E-state index is 13.6. The summed E-state index contributed by atoms with van der Waals surface area (Å²) < 4.78 is 11.2. The molecular formula is C32H39N3O5. The lowest BCUT2D eigenvalue weighted by Gasteiger charge is -2.30. The molecular weight excluding hydrogens is 506 g/mol. The van der Waals surface area contributed by atoms with Crippen LogP contribution in [0.3, 0.4) is 0 Å². The minimum atomic E-state index is -0.504. The third-order valence-electron chi connectivity index (χ3n) is 8.40. The third-order valence-corrected chi connectivity index (χ3v) is 8.40. The smallest absolute Gasteiger partial charge is 0.264 e. The predicted molar refractivity (Wildman–Crippen MR) is 152 cm³/mol. The number of amides is 2. The standard InChI is InChI=1S/C32H39N3O5/c36-29(32-35-27-13-7-8-14-28(27)40-32)25(22-9-3-1-4-10-22)15-18-33-31(38)26(23-11-5-2-6-12-23)21-34-30(37)24-16-19-39-20-17-24/h1,3-4,7-10,13-14,23-26H,2,5-6,11-12,15-21H2,(H,33,38)(H,34,37). The number of hydrogen-bond acceptors (Lipinski definition) is 6. The van der Waals surface area contributed by atoms with Crippen molar-refractivity contribution in [2.24, 2.45) is 17.8 Å². The topological polar surface area (TPSA) is 111 Å². The van der Waals surface area contributed by atoms with Gasteiger partial charge in [0.25, 0.3) is 5.89 Å². The minimum absolute atomic E-state index is 0.0185. The lowest BCUT2D eigenvalue weighted by atomic mass is 9.79. The number of oxazole rings is 1. The van der Waals surface area contributed by atoms with Gasteiger partial charge in [-0.25, -0.2) is 4.98 Å². The molecule has 212 valence electrons. The summed E-state index contributed by atoms with van der Waals surface area (Å²) in [6.07, 6.45) is 7.26. The van der Waals surface area contributed by atoms with Crippen molar-refractivity contribution < 1.29 is 23.5 Å². The average Bonchev–Trinajstić information content (AvgIpc) is 3.45. The molecule has 2 heterocycles. The van der Waals surface area contributed by atoms with Gasteiger partial charge in [0.1, 0.15) is 5.52 Å². The molecule has 1 saturated carbocycles. The van der Waals surface area contributed by atoms with Gasteiger partial charge in [0.2, 0.25) is 17.6 Å². The minimum Gasteiger partial charge on any atom is -0.434 e. The molecule has 1 saturated heterocycles. The van der Waals surface area contributed by atoms with Crippen molar-refractivity contribution in [1.29, 1.82) is 0 Å². The number of ether oxygens (including phenoxy) is 1. The van der Waals surface area contributed by atoms with Crippen LogP contribution in [-0.2, 0) is 14.3 Å². The summed E-state index contributed by atoms with van der Waals surface area (Å²) in [6, 6.07) is 16.9. The highest BCUT2D eigenvalue weighted by Crippen LogP contribution is 2.31. The van der Waals surface area contributed by atoms with Crippen LogP contribution in [0.2, 0.25) is 0 Å². The molecule has 40 heavy (non-hydrogen) atoms. The van der Waals surface area contributed by atoms with Crippen molar-refractivity contribution in [3.8, 4) is 0 Å². The maximum atomic E-state index is 13.6. The fourth-order valence-corrected chi connectivity index (χ4v) is 6.06. The fourth-order valence-electron chi connectivity index (χ4n) is 6.06. The SMILES string of the molecule is O=C(NCC(C(=O)NCCC(C(=O)c1nc2ccccc2o1)c1ccccc1)C1CCCCC1)C1CCOCC1. The van der Waals surface area contributed by atoms with E-state index in [1.54, 1.807) is 6.07 Å². The van der Waals surface area contributed by atoms with Gasteiger partial charge < -0.3 is 19.8 Å². The first-order chi connectivity index (χ1) is 19.6. The molecule has 0 bridgehead atoms. The Balaban J connectivity index is 1.24. The van der Waals surface area contributed by atoms with Crippen molar-refractivity contribution in [1.82, 2.24) is 15.6 Å². The first kappa shape index (κ1) is 28.0. The quantitative estimate of drug-likeness (QED) is 0.327. The van der Waals surface area contributed by atoms with E-state index >= 15 is 0 Å². The number of nitrogens with zero attached hydrogens (tertiary/aromatic N) is 1. The summed E-state index contributed by atoms with van der Waals surface area (Å²) in [6.45, 7) is 1.89. The molecule has 2 atom stereocenters. The highest BCUT2D eigenvalue weighted by atomic mass is 16.5. The number of carbonyl (C=O) groups is 3. The Kier molecular flexibility index (Phi) is 9.60. The molecule has 2 aliphatic rings. The summed E-state index contributed by atoms with van der Waals surface area (Å²) >= 11 is 0. The van der Waals surface area contributed by atoms with E-state index in [4.69, 9.17) is 9.15 Å². The van der Waals surface area contributed by atoms with Crippen LogP contribution in [0.25, 0.3) is 11.1 Å². The molecule has 0 radical (unpaired) electrons. The molecule has 2 unspecified atom stereocenters. The van der Waals surface area contributed by atoms with Crippen LogP contribution in [0, 0.1) is 17.8 Å². The Bertz CT molecular complexity index is 1240. The number of benzene rings is 2. The van der Waals surface area contributed by atoms with Gasteiger partial charge in [-0.05, 0) is 55.7 Å². The molecule has 1 aliphatic heterocycles. The molecule has 2 amide bonds. The number of nitrogens with one attached hydrogen (secondary N) is 2. The lowest BCUT2D eigenvalue weighted by molar-refractivity contribution is -0.130. The molecule has 5 rings (SSSR count). The molecule has 8 heteroatoms. The predicted octanol–water partition coefficient (Wildman–Crippen LogP) is 5.04. The van der Waals surface area contributed by atoms with Gasteiger partial charge >= 0.3 is 0 Å². The summed E-state index contributed by atoms with van der Waals surface area (Å²) in [5, 5.41) is 6.18. The van der Waals surface area contributed by atoms with Gasteiger partial charge in [-0.2, -0.15) is 0 Å². The summed E-state index contributed by atoms with van der Waals surface area (Å²) in [5.74, 6) is -0.752. The highest BCUT2D eigenvalue weighted by Gasteiger charge is 2.32. The summed E-state index contributed by atoms with van der Waals surface area (Å²) in [5.41, 5.74) is 2.07. The van der Waals surface area contributed by atoms with Crippen molar-refractivity contribution in [3.63, 3.8) is 0 Å². The number of rotatable bonds is 11. The summed E-state index contributed by atoms with van der Waals surface area (Å²) in [7, 11) is 0. The van der Waals surface area contributed by atoms with Gasteiger partial charge in [0.15, 0.2) is 5.58 Å². The van der Waals surface area contributed by atoms with Gasteiger partial charge in [-0.3, -0.25) is 14.4 Å². The molecule has 0 spiro atoms. The van der Waals surface area contributed by atoms with Gasteiger partial charge in [-0.15, -0.1) is 0 Å². The van der Waals surface area contributed by atoms with Crippen LogP contribution >= 0.6 is 0 Å². The summed E-state index contributed by atoms with van der Waals surface area (Å²) in [4.78, 5) is 44.3. The second-order valence-corrected chi connectivity index (χ2v) is 11.0. The van der Waals surface area contributed by atoms with E-state index < -0.39 is 5.92 Å². The number of ketones is 1. The number of Topliss-reactive ketones (excluding diaryl/α,β-unsaturated/α-hetero) is 1. The molecule has 3 aromatic rings. The Hall–Kier alpha value is -3.52. The Labute approximate surface area is 235 Å². The lowest BCUT2D eigenvalue weighted by Crippen LogP contribution is -2.45. The van der Waals surface area contributed by atoms with Crippen LogP contribution in [0.4, 0.5) is 0 Å². The van der Waals surface area contributed by atoms with Crippen molar-refractivity contribution in [3.05, 3.63) is 66.1 Å². The Morgan fingerprint density at radius 3 is 2.35 bits per heavy atom. The Morgan fingerprint density at radius 2 is 1.60 bits per heavy atom. The number of hydrogen-bond donors (Lipinski definition) is 2. The fraction of sp³-hybridized carbons (Fsp3) is 0.500. The van der Waals surface area contributed by atoms with E-state index in [9.17, 15) is 14.4 Å². The van der Waals surface area contributed by atoms with E-state index in [2.05, 4.69) is 15.6 Å². The van der Waals surface area contributed by atoms with Crippen LogP contribution in [0.5, 0.6) is 0 Å². The molecule has 2 fully saturated rings. The zero-order valence-electron chi connectivity index (χ0n) is 23.0. The van der Waals surface area contributed by atoms with Crippen LogP contribution < -0.4 is 10.6 Å². The van der Waals surface area contributed by atoms with E-state index in [-0.39, 0.29) is 41.2 Å². The number of fused-ring (bicyclic) bond motifs is 1. The zero-order valence-corrected chi connectivity index (χ0v) is 23.0. The normalized spacial score (nSPS) is 18.2. The van der Waals surface area contributed by atoms with Crippen LogP contribution in [-0.4, -0.2) is 48.9 Å². The zero-order chi connectivity index (χ0) is 27.7. The second-order valence-electron chi connectivity index (χ2n) is 11.0. The molecule has 2 N–H and O–H groups in total. The maximum Gasteiger partial charge on any atom is 0.264 e. The van der Waals surface area contributed by atoms with Crippen molar-refractivity contribution >= 4 is 28.7 Å². The monoisotopic (exact) mass is 545 g/mol. The average molecular weight is 546 g/mol. The second kappa shape index (κ2) is 13.7. The van der Waals surface area contributed by atoms with Crippen LogP contribution in [0.1, 0.15) is 73.5 Å².